The maximum absolute atomic E-state index is 11.2. The molecule has 2 N–H and O–H groups in total. The molecule has 0 fully saturated rings. The zero-order valence-corrected chi connectivity index (χ0v) is 19.0. The van der Waals surface area contributed by atoms with E-state index in [1.54, 1.807) is 6.07 Å². The first kappa shape index (κ1) is 20.9. The Hall–Kier alpha value is -2.37. The van der Waals surface area contributed by atoms with E-state index in [-0.39, 0.29) is 10.8 Å². The monoisotopic (exact) mass is 422 g/mol. The van der Waals surface area contributed by atoms with Gasteiger partial charge in [0.15, 0.2) is 0 Å². The van der Waals surface area contributed by atoms with Gasteiger partial charge in [0.05, 0.1) is 6.54 Å². The number of hydrogen-bond donors (Lipinski definition) is 2. The lowest BCUT2D eigenvalue weighted by molar-refractivity contribution is 0.0702. The summed E-state index contributed by atoms with van der Waals surface area (Å²) in [7, 11) is 0. The van der Waals surface area contributed by atoms with E-state index in [1.165, 1.54) is 46.4 Å². The third-order valence-electron chi connectivity index (χ3n) is 6.42. The maximum Gasteiger partial charge on any atom is 0.345 e. The summed E-state index contributed by atoms with van der Waals surface area (Å²) in [5.74, 6) is -0.870. The molecule has 0 radical (unpaired) electrons. The molecule has 4 nitrogen and oxygen atoms in total. The molecule has 0 saturated heterocycles. The number of hydrogen-bond acceptors (Lipinski definition) is 4. The van der Waals surface area contributed by atoms with Crippen LogP contribution in [0.4, 0.5) is 0 Å². The lowest BCUT2D eigenvalue weighted by Gasteiger charge is -2.42. The van der Waals surface area contributed by atoms with Crippen LogP contribution in [0.2, 0.25) is 0 Å². The number of carbonyl (C=O) groups is 1. The van der Waals surface area contributed by atoms with Gasteiger partial charge in [0.2, 0.25) is 0 Å². The van der Waals surface area contributed by atoms with Crippen LogP contribution < -0.4 is 5.43 Å². The molecule has 1 aromatic carbocycles. The number of carboxylic acid groups (broad SMARTS) is 1. The van der Waals surface area contributed by atoms with Crippen molar-refractivity contribution in [3.05, 3.63) is 68.5 Å². The van der Waals surface area contributed by atoms with E-state index >= 15 is 0 Å². The predicted molar refractivity (Wildman–Crippen MR) is 125 cm³/mol. The second-order valence-corrected chi connectivity index (χ2v) is 10.7. The number of hydrazine groups is 1. The summed E-state index contributed by atoms with van der Waals surface area (Å²) in [5.41, 5.74) is 9.07. The summed E-state index contributed by atoms with van der Waals surface area (Å²) in [6, 6.07) is 8.32. The number of aromatic carboxylic acids is 1. The van der Waals surface area contributed by atoms with Crippen molar-refractivity contribution in [2.75, 3.05) is 6.54 Å². The van der Waals surface area contributed by atoms with Gasteiger partial charge in [-0.05, 0) is 64.1 Å². The highest BCUT2D eigenvalue weighted by molar-refractivity contribution is 7.14. The Bertz CT molecular complexity index is 1030. The molecule has 0 bridgehead atoms. The highest BCUT2D eigenvalue weighted by Crippen LogP contribution is 2.47. The third-order valence-corrected chi connectivity index (χ3v) is 7.45. The molecular weight excluding hydrogens is 392 g/mol. The van der Waals surface area contributed by atoms with E-state index in [1.807, 2.05) is 12.1 Å². The average Bonchev–Trinajstić information content (AvgIpc) is 3.36. The van der Waals surface area contributed by atoms with Crippen LogP contribution in [-0.2, 0) is 17.4 Å². The fourth-order valence-electron chi connectivity index (χ4n) is 4.39. The molecule has 5 heteroatoms. The molecule has 30 heavy (non-hydrogen) atoms. The van der Waals surface area contributed by atoms with Crippen LogP contribution in [0.15, 0.2) is 36.5 Å². The fraction of sp³-hybridized carbons (Fsp3) is 0.400. The summed E-state index contributed by atoms with van der Waals surface area (Å²) in [4.78, 5) is 12.5. The molecule has 1 aromatic heterocycles. The lowest BCUT2D eigenvalue weighted by Crippen LogP contribution is -2.34. The second-order valence-electron chi connectivity index (χ2n) is 9.58. The Balaban J connectivity index is 1.77. The smallest absolute Gasteiger partial charge is 0.345 e. The Morgan fingerprint density at radius 1 is 1.13 bits per heavy atom. The first-order valence-corrected chi connectivity index (χ1v) is 11.3. The summed E-state index contributed by atoms with van der Waals surface area (Å²) in [6.45, 7) is 11.1. The molecule has 0 spiro atoms. The van der Waals surface area contributed by atoms with Gasteiger partial charge in [-0.2, -0.15) is 0 Å². The first-order valence-electron chi connectivity index (χ1n) is 10.5. The highest BCUT2D eigenvalue weighted by atomic mass is 32.1. The van der Waals surface area contributed by atoms with Crippen LogP contribution in [0, 0.1) is 0 Å². The lowest BCUT2D eigenvalue weighted by atomic mass is 9.62. The summed E-state index contributed by atoms with van der Waals surface area (Å²) >= 11 is 1.31. The van der Waals surface area contributed by atoms with E-state index in [9.17, 15) is 9.90 Å². The van der Waals surface area contributed by atoms with Gasteiger partial charge >= 0.3 is 5.97 Å². The molecule has 0 atom stereocenters. The normalized spacial score (nSPS) is 19.4. The Morgan fingerprint density at radius 3 is 2.43 bits per heavy atom. The van der Waals surface area contributed by atoms with Crippen molar-refractivity contribution in [3.8, 4) is 0 Å². The van der Waals surface area contributed by atoms with E-state index in [4.69, 9.17) is 0 Å². The van der Waals surface area contributed by atoms with Gasteiger partial charge < -0.3 is 10.1 Å². The number of nitrogens with zero attached hydrogens (tertiary/aromatic N) is 1. The topological polar surface area (TPSA) is 52.6 Å². The molecule has 2 aromatic rings. The van der Waals surface area contributed by atoms with Crippen molar-refractivity contribution in [3.63, 3.8) is 0 Å². The van der Waals surface area contributed by atoms with Gasteiger partial charge in [0, 0.05) is 17.6 Å². The minimum atomic E-state index is -0.870. The van der Waals surface area contributed by atoms with Crippen LogP contribution in [0.1, 0.15) is 77.3 Å². The van der Waals surface area contributed by atoms with E-state index in [0.29, 0.717) is 4.88 Å². The van der Waals surface area contributed by atoms with Crippen molar-refractivity contribution < 1.29 is 9.90 Å². The van der Waals surface area contributed by atoms with Crippen LogP contribution in [0.5, 0.6) is 0 Å². The number of rotatable bonds is 5. The maximum atomic E-state index is 11.2. The Labute approximate surface area is 182 Å². The standard InChI is InChI=1S/C25H30N2O2S/c1-24(2)10-11-25(3,4)21-15-18(16-27-13-5-12-26-27)17(14-20(21)24)6-7-19-8-9-22(30-19)23(28)29/h5-9,13-15,26H,10-12,16H2,1-4H3,(H,28,29)/b7-6+. The number of nitrogens with one attached hydrogen (secondary N) is 1. The predicted octanol–water partition coefficient (Wildman–Crippen LogP) is 5.80. The van der Waals surface area contributed by atoms with Gasteiger partial charge in [-0.15, -0.1) is 11.3 Å². The Morgan fingerprint density at radius 2 is 1.83 bits per heavy atom. The van der Waals surface area contributed by atoms with E-state index in [2.05, 4.69) is 68.6 Å². The molecule has 2 heterocycles. The van der Waals surface area contributed by atoms with Crippen LogP contribution in [-0.4, -0.2) is 22.6 Å². The van der Waals surface area contributed by atoms with Gasteiger partial charge in [-0.25, -0.2) is 10.2 Å². The molecule has 0 saturated carbocycles. The average molecular weight is 423 g/mol. The van der Waals surface area contributed by atoms with Gasteiger partial charge in [0.25, 0.3) is 0 Å². The SMILES string of the molecule is CC1(C)CCC(C)(C)c2cc(CN3C=CCN3)c(/C=C/c3ccc(C(=O)O)s3)cc21. The van der Waals surface area contributed by atoms with Crippen molar-refractivity contribution in [1.82, 2.24) is 10.4 Å². The van der Waals surface area contributed by atoms with Crippen molar-refractivity contribution in [2.24, 2.45) is 0 Å². The van der Waals surface area contributed by atoms with Crippen molar-refractivity contribution in [2.45, 2.75) is 57.9 Å². The number of carboxylic acids is 1. The van der Waals surface area contributed by atoms with Gasteiger partial charge in [-0.3, -0.25) is 0 Å². The van der Waals surface area contributed by atoms with E-state index in [0.717, 1.165) is 18.0 Å². The summed E-state index contributed by atoms with van der Waals surface area (Å²) in [5, 5.41) is 11.3. The molecule has 1 aliphatic heterocycles. The number of thiophene rings is 1. The largest absolute Gasteiger partial charge is 0.477 e. The van der Waals surface area contributed by atoms with E-state index < -0.39 is 5.97 Å². The van der Waals surface area contributed by atoms with Gasteiger partial charge in [-0.1, -0.05) is 52.0 Å². The Kier molecular flexibility index (Phi) is 5.37. The van der Waals surface area contributed by atoms with Crippen molar-refractivity contribution >= 4 is 29.5 Å². The van der Waals surface area contributed by atoms with Gasteiger partial charge in [0.1, 0.15) is 4.88 Å². The molecule has 4 rings (SSSR count). The van der Waals surface area contributed by atoms with Crippen molar-refractivity contribution in [1.29, 1.82) is 0 Å². The first-order chi connectivity index (χ1) is 14.2. The highest BCUT2D eigenvalue weighted by Gasteiger charge is 2.37. The molecule has 2 aliphatic rings. The summed E-state index contributed by atoms with van der Waals surface area (Å²) in [6.07, 6.45) is 10.8. The van der Waals surface area contributed by atoms with Crippen LogP contribution in [0.25, 0.3) is 12.2 Å². The molecule has 0 amide bonds. The minimum Gasteiger partial charge on any atom is -0.477 e. The summed E-state index contributed by atoms with van der Waals surface area (Å²) < 4.78 is 0. The molecule has 0 unspecified atom stereocenters. The zero-order chi connectivity index (χ0) is 21.5. The fourth-order valence-corrected chi connectivity index (χ4v) is 5.14. The van der Waals surface area contributed by atoms with Crippen LogP contribution >= 0.6 is 11.3 Å². The third kappa shape index (κ3) is 4.09. The minimum absolute atomic E-state index is 0.150. The molecule has 1 aliphatic carbocycles. The quantitative estimate of drug-likeness (QED) is 0.639. The van der Waals surface area contributed by atoms with Crippen LogP contribution in [0.3, 0.4) is 0 Å². The number of benzene rings is 1. The zero-order valence-electron chi connectivity index (χ0n) is 18.2. The second kappa shape index (κ2) is 7.71. The molecular formula is C25H30N2O2S. The molecule has 158 valence electrons. The number of fused-ring (bicyclic) bond motifs is 1.